The van der Waals surface area contributed by atoms with Gasteiger partial charge >= 0.3 is 0 Å². The molecule has 0 radical (unpaired) electrons. The maximum absolute atomic E-state index is 13.1. The van der Waals surface area contributed by atoms with E-state index in [0.717, 1.165) is 22.6 Å². The van der Waals surface area contributed by atoms with Crippen LogP contribution in [0.4, 0.5) is 0 Å². The highest BCUT2D eigenvalue weighted by molar-refractivity contribution is 5.93. The van der Waals surface area contributed by atoms with Crippen LogP contribution in [-0.2, 0) is 0 Å². The fourth-order valence-corrected chi connectivity index (χ4v) is 3.26. The zero-order valence-corrected chi connectivity index (χ0v) is 16.7. The number of benzene rings is 2. The summed E-state index contributed by atoms with van der Waals surface area (Å²) in [7, 11) is 1.62. The molecule has 1 amide bonds. The standard InChI is InChI=1S/C23H21N5O2/c1-16-21(26-27-28(16)19-6-4-3-5-7-19)23(29)25-22(18-12-14-24-15-13-18)17-8-10-20(30-2)11-9-17/h3-15,22H,1-2H3,(H,25,29)/t22-/m0/s1. The summed E-state index contributed by atoms with van der Waals surface area (Å²) in [5.74, 6) is 0.451. The molecular weight excluding hydrogens is 378 g/mol. The van der Waals surface area contributed by atoms with Gasteiger partial charge in [-0.1, -0.05) is 35.5 Å². The first-order valence-corrected chi connectivity index (χ1v) is 9.50. The van der Waals surface area contributed by atoms with Crippen LogP contribution in [0.1, 0.15) is 33.4 Å². The van der Waals surface area contributed by atoms with Gasteiger partial charge in [0.25, 0.3) is 5.91 Å². The van der Waals surface area contributed by atoms with Crippen molar-refractivity contribution in [1.82, 2.24) is 25.3 Å². The third-order valence-electron chi connectivity index (χ3n) is 4.87. The number of rotatable bonds is 6. The second-order valence-electron chi connectivity index (χ2n) is 6.73. The number of ether oxygens (including phenoxy) is 1. The normalized spacial score (nSPS) is 11.7. The maximum atomic E-state index is 13.1. The Bertz CT molecular complexity index is 1130. The third-order valence-corrected chi connectivity index (χ3v) is 4.87. The van der Waals surface area contributed by atoms with Crippen molar-refractivity contribution in [2.24, 2.45) is 0 Å². The highest BCUT2D eigenvalue weighted by atomic mass is 16.5. The molecule has 0 saturated carbocycles. The molecule has 7 nitrogen and oxygen atoms in total. The monoisotopic (exact) mass is 399 g/mol. The number of nitrogens with zero attached hydrogens (tertiary/aromatic N) is 4. The van der Waals surface area contributed by atoms with Gasteiger partial charge in [-0.15, -0.1) is 5.10 Å². The molecule has 2 heterocycles. The van der Waals surface area contributed by atoms with E-state index < -0.39 is 0 Å². The molecule has 0 spiro atoms. The van der Waals surface area contributed by atoms with Gasteiger partial charge < -0.3 is 10.1 Å². The molecule has 0 aliphatic heterocycles. The topological polar surface area (TPSA) is 81.9 Å². The summed E-state index contributed by atoms with van der Waals surface area (Å²) in [6.45, 7) is 1.83. The second-order valence-corrected chi connectivity index (χ2v) is 6.73. The zero-order valence-electron chi connectivity index (χ0n) is 16.7. The van der Waals surface area contributed by atoms with E-state index in [1.807, 2.05) is 73.7 Å². The maximum Gasteiger partial charge on any atom is 0.274 e. The lowest BCUT2D eigenvalue weighted by Gasteiger charge is -2.19. The third kappa shape index (κ3) is 3.91. The van der Waals surface area contributed by atoms with Crippen LogP contribution in [0.3, 0.4) is 0 Å². The molecule has 7 heteroatoms. The SMILES string of the molecule is COc1ccc([C@H](NC(=O)c2nnn(-c3ccccc3)c2C)c2ccncc2)cc1. The fourth-order valence-electron chi connectivity index (χ4n) is 3.26. The van der Waals surface area contributed by atoms with Crippen LogP contribution in [0, 0.1) is 6.92 Å². The lowest BCUT2D eigenvalue weighted by molar-refractivity contribution is 0.0937. The first-order valence-electron chi connectivity index (χ1n) is 9.50. The number of methoxy groups -OCH3 is 1. The van der Waals surface area contributed by atoms with Crippen molar-refractivity contribution in [2.75, 3.05) is 7.11 Å². The van der Waals surface area contributed by atoms with Crippen LogP contribution in [0.25, 0.3) is 5.69 Å². The van der Waals surface area contributed by atoms with Gasteiger partial charge in [0, 0.05) is 12.4 Å². The molecule has 0 saturated heterocycles. The number of hydrogen-bond donors (Lipinski definition) is 1. The second kappa shape index (κ2) is 8.57. The Morgan fingerprint density at radius 3 is 2.30 bits per heavy atom. The van der Waals surface area contributed by atoms with Crippen molar-refractivity contribution in [3.63, 3.8) is 0 Å². The van der Waals surface area contributed by atoms with Crippen LogP contribution in [0.2, 0.25) is 0 Å². The van der Waals surface area contributed by atoms with Crippen molar-refractivity contribution in [2.45, 2.75) is 13.0 Å². The smallest absolute Gasteiger partial charge is 0.274 e. The van der Waals surface area contributed by atoms with E-state index in [4.69, 9.17) is 4.74 Å². The van der Waals surface area contributed by atoms with E-state index in [9.17, 15) is 4.79 Å². The molecule has 2 aromatic carbocycles. The van der Waals surface area contributed by atoms with Crippen molar-refractivity contribution < 1.29 is 9.53 Å². The number of amides is 1. The van der Waals surface area contributed by atoms with Crippen molar-refractivity contribution in [3.8, 4) is 11.4 Å². The summed E-state index contributed by atoms with van der Waals surface area (Å²) in [4.78, 5) is 17.2. The van der Waals surface area contributed by atoms with Crippen molar-refractivity contribution in [3.05, 3.63) is 102 Å². The van der Waals surface area contributed by atoms with Crippen LogP contribution in [0.5, 0.6) is 5.75 Å². The van der Waals surface area contributed by atoms with E-state index in [1.165, 1.54) is 0 Å². The number of nitrogens with one attached hydrogen (secondary N) is 1. The molecule has 4 aromatic rings. The first kappa shape index (κ1) is 19.3. The number of para-hydroxylation sites is 1. The summed E-state index contributed by atoms with van der Waals surface area (Å²) < 4.78 is 6.90. The number of carbonyl (C=O) groups is 1. The Morgan fingerprint density at radius 1 is 0.967 bits per heavy atom. The van der Waals surface area contributed by atoms with Crippen LogP contribution >= 0.6 is 0 Å². The minimum Gasteiger partial charge on any atom is -0.497 e. The van der Waals surface area contributed by atoms with Gasteiger partial charge in [0.05, 0.1) is 24.5 Å². The summed E-state index contributed by atoms with van der Waals surface area (Å²) in [5, 5.41) is 11.4. The highest BCUT2D eigenvalue weighted by Gasteiger charge is 2.22. The average molecular weight is 399 g/mol. The van der Waals surface area contributed by atoms with Crippen LogP contribution < -0.4 is 10.1 Å². The van der Waals surface area contributed by atoms with Gasteiger partial charge in [0.15, 0.2) is 5.69 Å². The zero-order chi connectivity index (χ0) is 20.9. The lowest BCUT2D eigenvalue weighted by atomic mass is 9.99. The molecule has 4 rings (SSSR count). The quantitative estimate of drug-likeness (QED) is 0.537. The Hall–Kier alpha value is -4.00. The lowest BCUT2D eigenvalue weighted by Crippen LogP contribution is -2.30. The van der Waals surface area contributed by atoms with Crippen molar-refractivity contribution in [1.29, 1.82) is 0 Å². The highest BCUT2D eigenvalue weighted by Crippen LogP contribution is 2.24. The number of pyridine rings is 1. The predicted octanol–water partition coefficient (Wildman–Crippen LogP) is 3.50. The largest absolute Gasteiger partial charge is 0.497 e. The van der Waals surface area contributed by atoms with Gasteiger partial charge in [-0.2, -0.15) is 0 Å². The predicted molar refractivity (Wildman–Crippen MR) is 113 cm³/mol. The Morgan fingerprint density at radius 2 is 1.63 bits per heavy atom. The summed E-state index contributed by atoms with van der Waals surface area (Å²) in [6, 6.07) is 20.6. The van der Waals surface area contributed by atoms with E-state index >= 15 is 0 Å². The number of carbonyl (C=O) groups excluding carboxylic acids is 1. The molecule has 30 heavy (non-hydrogen) atoms. The molecule has 1 N–H and O–H groups in total. The summed E-state index contributed by atoms with van der Waals surface area (Å²) in [6.07, 6.45) is 3.41. The molecule has 1 atom stereocenters. The van der Waals surface area contributed by atoms with E-state index in [2.05, 4.69) is 20.6 Å². The van der Waals surface area contributed by atoms with Crippen molar-refractivity contribution >= 4 is 5.91 Å². The minimum atomic E-state index is -0.368. The van der Waals surface area contributed by atoms with Crippen LogP contribution in [-0.4, -0.2) is 33.0 Å². The molecule has 0 bridgehead atoms. The number of aromatic nitrogens is 4. The Kier molecular flexibility index (Phi) is 5.52. The van der Waals surface area contributed by atoms with E-state index in [-0.39, 0.29) is 17.6 Å². The summed E-state index contributed by atoms with van der Waals surface area (Å²) in [5.41, 5.74) is 3.63. The molecule has 0 aliphatic carbocycles. The van der Waals surface area contributed by atoms with Gasteiger partial charge in [-0.25, -0.2) is 4.68 Å². The summed E-state index contributed by atoms with van der Waals surface area (Å²) >= 11 is 0. The minimum absolute atomic E-state index is 0.284. The molecular formula is C23H21N5O2. The average Bonchev–Trinajstić information content (AvgIpc) is 3.20. The van der Waals surface area contributed by atoms with Gasteiger partial charge in [0.2, 0.25) is 0 Å². The molecule has 2 aromatic heterocycles. The van der Waals surface area contributed by atoms with Gasteiger partial charge in [-0.3, -0.25) is 9.78 Å². The van der Waals surface area contributed by atoms with Crippen LogP contribution in [0.15, 0.2) is 79.1 Å². The van der Waals surface area contributed by atoms with Gasteiger partial charge in [0.1, 0.15) is 5.75 Å². The molecule has 0 aliphatic rings. The Labute approximate surface area is 174 Å². The molecule has 0 fully saturated rings. The molecule has 0 unspecified atom stereocenters. The fraction of sp³-hybridized carbons (Fsp3) is 0.130. The first-order chi connectivity index (χ1) is 14.7. The molecule has 150 valence electrons. The van der Waals surface area contributed by atoms with E-state index in [0.29, 0.717) is 5.69 Å². The Balaban J connectivity index is 1.65. The van der Waals surface area contributed by atoms with Gasteiger partial charge in [-0.05, 0) is 54.4 Å². The van der Waals surface area contributed by atoms with E-state index in [1.54, 1.807) is 24.2 Å². The number of hydrogen-bond acceptors (Lipinski definition) is 5.